The van der Waals surface area contributed by atoms with Gasteiger partial charge in [0.2, 0.25) is 0 Å². The molecule has 0 aliphatic heterocycles. The Morgan fingerprint density at radius 1 is 1.33 bits per heavy atom. The number of nitrogen functional groups attached to an aromatic ring is 1. The molecule has 0 aliphatic rings. The van der Waals surface area contributed by atoms with Crippen LogP contribution >= 0.6 is 27.3 Å². The lowest BCUT2D eigenvalue weighted by molar-refractivity contribution is 0.103. The zero-order chi connectivity index (χ0) is 13.3. The van der Waals surface area contributed by atoms with Crippen molar-refractivity contribution in [1.82, 2.24) is 0 Å². The van der Waals surface area contributed by atoms with Crippen molar-refractivity contribution < 1.29 is 4.79 Å². The van der Waals surface area contributed by atoms with Gasteiger partial charge in [-0.15, -0.1) is 11.3 Å². The Balaban J connectivity index is 2.28. The van der Waals surface area contributed by atoms with Crippen LogP contribution < -0.4 is 11.1 Å². The molecule has 0 saturated carbocycles. The first-order valence-electron chi connectivity index (χ1n) is 5.40. The Morgan fingerprint density at radius 3 is 2.67 bits per heavy atom. The fourth-order valence-corrected chi connectivity index (χ4v) is 2.95. The summed E-state index contributed by atoms with van der Waals surface area (Å²) in [6.07, 6.45) is 0. The van der Waals surface area contributed by atoms with E-state index >= 15 is 0 Å². The average molecular weight is 325 g/mol. The van der Waals surface area contributed by atoms with Gasteiger partial charge in [0, 0.05) is 10.2 Å². The number of halogens is 1. The Morgan fingerprint density at radius 2 is 2.06 bits per heavy atom. The van der Waals surface area contributed by atoms with Gasteiger partial charge in [-0.2, -0.15) is 0 Å². The van der Waals surface area contributed by atoms with E-state index in [1.165, 1.54) is 11.3 Å². The van der Waals surface area contributed by atoms with E-state index in [1.807, 2.05) is 31.4 Å². The summed E-state index contributed by atoms with van der Waals surface area (Å²) in [5, 5.41) is 4.77. The molecule has 18 heavy (non-hydrogen) atoms. The molecule has 1 heterocycles. The standard InChI is InChI=1S/C13H13BrN2OS/c1-7-3-4-18-12(7)13(17)16-11-6-10(15)8(2)5-9(11)14/h3-6H,15H2,1-2H3,(H,16,17). The van der Waals surface area contributed by atoms with Crippen molar-refractivity contribution in [1.29, 1.82) is 0 Å². The zero-order valence-electron chi connectivity index (χ0n) is 10.1. The van der Waals surface area contributed by atoms with E-state index in [1.54, 1.807) is 6.07 Å². The number of benzene rings is 1. The molecule has 0 unspecified atom stereocenters. The van der Waals surface area contributed by atoms with Gasteiger partial charge in [-0.3, -0.25) is 4.79 Å². The zero-order valence-corrected chi connectivity index (χ0v) is 12.5. The molecule has 3 nitrogen and oxygen atoms in total. The number of nitrogens with one attached hydrogen (secondary N) is 1. The summed E-state index contributed by atoms with van der Waals surface area (Å²) >= 11 is 4.86. The number of rotatable bonds is 2. The summed E-state index contributed by atoms with van der Waals surface area (Å²) in [5.41, 5.74) is 9.16. The topological polar surface area (TPSA) is 55.1 Å². The third-order valence-corrected chi connectivity index (χ3v) is 4.34. The number of carbonyl (C=O) groups excluding carboxylic acids is 1. The van der Waals surface area contributed by atoms with Gasteiger partial charge in [-0.05, 0) is 64.5 Å². The minimum absolute atomic E-state index is 0.105. The summed E-state index contributed by atoms with van der Waals surface area (Å²) < 4.78 is 0.830. The van der Waals surface area contributed by atoms with Gasteiger partial charge < -0.3 is 11.1 Å². The molecule has 0 fully saturated rings. The Labute approximate surface area is 118 Å². The van der Waals surface area contributed by atoms with E-state index in [-0.39, 0.29) is 5.91 Å². The fourth-order valence-electron chi connectivity index (χ4n) is 1.57. The van der Waals surface area contributed by atoms with Gasteiger partial charge in [0.25, 0.3) is 5.91 Å². The van der Waals surface area contributed by atoms with Gasteiger partial charge >= 0.3 is 0 Å². The highest BCUT2D eigenvalue weighted by Gasteiger charge is 2.12. The first kappa shape index (κ1) is 13.1. The molecule has 5 heteroatoms. The molecule has 0 aliphatic carbocycles. The van der Waals surface area contributed by atoms with Crippen molar-refractivity contribution in [2.75, 3.05) is 11.1 Å². The van der Waals surface area contributed by atoms with Gasteiger partial charge in [-0.1, -0.05) is 0 Å². The molecule has 2 aromatic rings. The minimum Gasteiger partial charge on any atom is -0.398 e. The van der Waals surface area contributed by atoms with Crippen molar-refractivity contribution in [3.05, 3.63) is 44.1 Å². The second kappa shape index (κ2) is 5.12. The van der Waals surface area contributed by atoms with Crippen LogP contribution in [0.2, 0.25) is 0 Å². The fraction of sp³-hybridized carbons (Fsp3) is 0.154. The molecule has 3 N–H and O–H groups in total. The highest BCUT2D eigenvalue weighted by Crippen LogP contribution is 2.28. The number of amides is 1. The maximum atomic E-state index is 12.1. The van der Waals surface area contributed by atoms with Crippen LogP contribution in [0.25, 0.3) is 0 Å². The number of nitrogens with two attached hydrogens (primary N) is 1. The summed E-state index contributed by atoms with van der Waals surface area (Å²) in [4.78, 5) is 12.8. The van der Waals surface area contributed by atoms with Crippen molar-refractivity contribution in [2.45, 2.75) is 13.8 Å². The smallest absolute Gasteiger partial charge is 0.266 e. The molecular weight excluding hydrogens is 312 g/mol. The van der Waals surface area contributed by atoms with Crippen LogP contribution in [0.4, 0.5) is 11.4 Å². The lowest BCUT2D eigenvalue weighted by atomic mass is 10.2. The van der Waals surface area contributed by atoms with E-state index in [0.29, 0.717) is 11.4 Å². The van der Waals surface area contributed by atoms with Crippen LogP contribution in [0.15, 0.2) is 28.1 Å². The third kappa shape index (κ3) is 2.57. The van der Waals surface area contributed by atoms with Gasteiger partial charge in [0.1, 0.15) is 0 Å². The van der Waals surface area contributed by atoms with Crippen LogP contribution in [0.5, 0.6) is 0 Å². The van der Waals surface area contributed by atoms with Crippen LogP contribution in [0, 0.1) is 13.8 Å². The first-order chi connectivity index (χ1) is 8.49. The Kier molecular flexibility index (Phi) is 3.73. The summed E-state index contributed by atoms with van der Waals surface area (Å²) in [7, 11) is 0. The summed E-state index contributed by atoms with van der Waals surface area (Å²) in [6.45, 7) is 3.85. The number of thiophene rings is 1. The maximum absolute atomic E-state index is 12.1. The SMILES string of the molecule is Cc1cc(Br)c(NC(=O)c2sccc2C)cc1N. The monoisotopic (exact) mass is 324 g/mol. The Hall–Kier alpha value is -1.33. The molecule has 2 rings (SSSR count). The van der Waals surface area contributed by atoms with Crippen molar-refractivity contribution >= 4 is 44.5 Å². The van der Waals surface area contributed by atoms with E-state index in [9.17, 15) is 4.79 Å². The Bertz CT molecular complexity index is 607. The lowest BCUT2D eigenvalue weighted by Gasteiger charge is -2.10. The largest absolute Gasteiger partial charge is 0.398 e. The lowest BCUT2D eigenvalue weighted by Crippen LogP contribution is -2.12. The number of hydrogen-bond acceptors (Lipinski definition) is 3. The molecule has 0 spiro atoms. The molecule has 94 valence electrons. The number of anilines is 2. The van der Waals surface area contributed by atoms with Crippen LogP contribution in [-0.2, 0) is 0 Å². The van der Waals surface area contributed by atoms with Crippen LogP contribution in [0.3, 0.4) is 0 Å². The quantitative estimate of drug-likeness (QED) is 0.821. The summed E-state index contributed by atoms with van der Waals surface area (Å²) in [6, 6.07) is 5.59. The highest BCUT2D eigenvalue weighted by molar-refractivity contribution is 9.10. The number of aryl methyl sites for hydroxylation is 2. The molecule has 0 bridgehead atoms. The van der Waals surface area contributed by atoms with Crippen molar-refractivity contribution in [3.8, 4) is 0 Å². The van der Waals surface area contributed by atoms with E-state index < -0.39 is 0 Å². The predicted molar refractivity (Wildman–Crippen MR) is 80.3 cm³/mol. The molecule has 1 aromatic carbocycles. The number of carbonyl (C=O) groups is 1. The molecule has 0 saturated heterocycles. The van der Waals surface area contributed by atoms with Crippen molar-refractivity contribution in [3.63, 3.8) is 0 Å². The van der Waals surface area contributed by atoms with Crippen LogP contribution in [0.1, 0.15) is 20.8 Å². The van der Waals surface area contributed by atoms with Gasteiger partial charge in [-0.25, -0.2) is 0 Å². The van der Waals surface area contributed by atoms with Crippen molar-refractivity contribution in [2.24, 2.45) is 0 Å². The molecule has 1 amide bonds. The minimum atomic E-state index is -0.105. The summed E-state index contributed by atoms with van der Waals surface area (Å²) in [5.74, 6) is -0.105. The number of hydrogen-bond donors (Lipinski definition) is 2. The van der Waals surface area contributed by atoms with Crippen LogP contribution in [-0.4, -0.2) is 5.91 Å². The predicted octanol–water partition coefficient (Wildman–Crippen LogP) is 3.96. The molecule has 0 radical (unpaired) electrons. The second-order valence-electron chi connectivity index (χ2n) is 4.08. The van der Waals surface area contributed by atoms with E-state index in [4.69, 9.17) is 5.73 Å². The normalized spacial score (nSPS) is 10.4. The third-order valence-electron chi connectivity index (χ3n) is 2.67. The molecular formula is C13H13BrN2OS. The van der Waals surface area contributed by atoms with E-state index in [2.05, 4.69) is 21.2 Å². The van der Waals surface area contributed by atoms with E-state index in [0.717, 1.165) is 20.5 Å². The average Bonchev–Trinajstić information content (AvgIpc) is 2.72. The molecule has 1 aromatic heterocycles. The highest BCUT2D eigenvalue weighted by atomic mass is 79.9. The van der Waals surface area contributed by atoms with Gasteiger partial charge in [0.15, 0.2) is 0 Å². The van der Waals surface area contributed by atoms with Gasteiger partial charge in [0.05, 0.1) is 10.6 Å². The first-order valence-corrected chi connectivity index (χ1v) is 7.07. The second-order valence-corrected chi connectivity index (χ2v) is 5.85. The maximum Gasteiger partial charge on any atom is 0.266 e. The molecule has 0 atom stereocenters.